The van der Waals surface area contributed by atoms with Crippen molar-refractivity contribution in [3.8, 4) is 17.0 Å². The maximum atomic E-state index is 6.28. The molecule has 2 aromatic carbocycles. The molecule has 1 atom stereocenters. The zero-order chi connectivity index (χ0) is 25.8. The van der Waals surface area contributed by atoms with E-state index >= 15 is 0 Å². The number of aromatic nitrogens is 4. The second-order valence-electron chi connectivity index (χ2n) is 10.1. The topological polar surface area (TPSA) is 83.2 Å². The monoisotopic (exact) mass is 514 g/mol. The van der Waals surface area contributed by atoms with Crippen molar-refractivity contribution in [2.24, 2.45) is 4.99 Å². The van der Waals surface area contributed by atoms with Crippen LogP contribution in [0.2, 0.25) is 0 Å². The van der Waals surface area contributed by atoms with Crippen LogP contribution in [0.1, 0.15) is 11.1 Å². The zero-order valence-electron chi connectivity index (χ0n) is 21.2. The molecule has 0 saturated carbocycles. The molecule has 39 heavy (non-hydrogen) atoms. The zero-order valence-corrected chi connectivity index (χ0v) is 21.2. The van der Waals surface area contributed by atoms with Gasteiger partial charge < -0.3 is 24.3 Å². The smallest absolute Gasteiger partial charge is 0.180 e. The fourth-order valence-corrected chi connectivity index (χ4v) is 5.76. The van der Waals surface area contributed by atoms with Crippen LogP contribution >= 0.6 is 0 Å². The van der Waals surface area contributed by atoms with Crippen LogP contribution in [0.25, 0.3) is 16.9 Å². The van der Waals surface area contributed by atoms with Crippen LogP contribution in [-0.4, -0.2) is 57.9 Å². The van der Waals surface area contributed by atoms with Crippen molar-refractivity contribution < 1.29 is 4.74 Å². The molecule has 1 saturated heterocycles. The quantitative estimate of drug-likeness (QED) is 0.377. The molecule has 5 aromatic rings. The fraction of sp³-hybridized carbons (Fsp3) is 0.200. The molecule has 0 spiro atoms. The largest absolute Gasteiger partial charge is 0.489 e. The van der Waals surface area contributed by atoms with E-state index in [1.54, 1.807) is 6.20 Å². The van der Waals surface area contributed by atoms with Gasteiger partial charge in [-0.15, -0.1) is 0 Å². The Morgan fingerprint density at radius 3 is 2.92 bits per heavy atom. The average molecular weight is 515 g/mol. The van der Waals surface area contributed by atoms with Crippen molar-refractivity contribution in [1.82, 2.24) is 19.4 Å². The number of ether oxygens (including phenoxy) is 1. The summed E-state index contributed by atoms with van der Waals surface area (Å²) in [5.74, 6) is 2.61. The Bertz CT molecular complexity index is 1730. The van der Waals surface area contributed by atoms with E-state index in [4.69, 9.17) is 9.72 Å². The van der Waals surface area contributed by atoms with Gasteiger partial charge in [0.2, 0.25) is 0 Å². The van der Waals surface area contributed by atoms with Gasteiger partial charge in [-0.2, -0.15) is 0 Å². The van der Waals surface area contributed by atoms with Gasteiger partial charge in [0.25, 0.3) is 0 Å². The van der Waals surface area contributed by atoms with Gasteiger partial charge in [-0.05, 0) is 41.5 Å². The second-order valence-corrected chi connectivity index (χ2v) is 10.1. The third-order valence-electron chi connectivity index (χ3n) is 7.72. The molecule has 3 aliphatic heterocycles. The third kappa shape index (κ3) is 3.85. The summed E-state index contributed by atoms with van der Waals surface area (Å²) in [5, 5.41) is 3.51. The summed E-state index contributed by atoms with van der Waals surface area (Å²) in [4.78, 5) is 23.3. The van der Waals surface area contributed by atoms with E-state index < -0.39 is 0 Å². The van der Waals surface area contributed by atoms with Crippen molar-refractivity contribution in [3.63, 3.8) is 0 Å². The summed E-state index contributed by atoms with van der Waals surface area (Å²) in [6, 6.07) is 19.0. The molecule has 8 rings (SSSR count). The number of aliphatic imine (C=N–C) groups is 1. The highest BCUT2D eigenvalue weighted by Crippen LogP contribution is 2.38. The van der Waals surface area contributed by atoms with Crippen LogP contribution in [0.4, 0.5) is 23.0 Å². The summed E-state index contributed by atoms with van der Waals surface area (Å²) >= 11 is 0. The number of fused-ring (bicyclic) bond motifs is 5. The Labute approximate surface area is 225 Å². The lowest BCUT2D eigenvalue weighted by molar-refractivity contribution is 0.254. The highest BCUT2D eigenvalue weighted by Gasteiger charge is 2.33. The highest BCUT2D eigenvalue weighted by atomic mass is 16.5. The van der Waals surface area contributed by atoms with Crippen molar-refractivity contribution in [2.45, 2.75) is 12.6 Å². The molecule has 9 heteroatoms. The normalized spacial score (nSPS) is 17.5. The van der Waals surface area contributed by atoms with E-state index in [-0.39, 0.29) is 6.04 Å². The predicted octanol–water partition coefficient (Wildman–Crippen LogP) is 4.56. The minimum atomic E-state index is 0.285. The lowest BCUT2D eigenvalue weighted by Gasteiger charge is -2.46. The van der Waals surface area contributed by atoms with Gasteiger partial charge in [0.05, 0.1) is 24.0 Å². The summed E-state index contributed by atoms with van der Waals surface area (Å²) in [6.07, 6.45) is 9.54. The lowest BCUT2D eigenvalue weighted by atomic mass is 10.0. The average Bonchev–Trinajstić information content (AvgIpc) is 3.66. The number of anilines is 4. The molecule has 1 unspecified atom stereocenters. The number of pyridine rings is 1. The van der Waals surface area contributed by atoms with Crippen molar-refractivity contribution in [1.29, 1.82) is 0 Å². The maximum absolute atomic E-state index is 6.28. The molecule has 0 amide bonds. The molecule has 0 bridgehead atoms. The Morgan fingerprint density at radius 2 is 1.97 bits per heavy atom. The number of hydrogen-bond acceptors (Lipinski definition) is 8. The fourth-order valence-electron chi connectivity index (χ4n) is 5.76. The van der Waals surface area contributed by atoms with E-state index in [1.165, 1.54) is 11.1 Å². The molecule has 1 N–H and O–H groups in total. The first-order valence-electron chi connectivity index (χ1n) is 13.2. The molecule has 1 fully saturated rings. The Morgan fingerprint density at radius 1 is 0.974 bits per heavy atom. The Kier molecular flexibility index (Phi) is 5.01. The van der Waals surface area contributed by atoms with Gasteiger partial charge in [0, 0.05) is 68.0 Å². The number of nitrogens with zero attached hydrogens (tertiary/aromatic N) is 7. The van der Waals surface area contributed by atoms with Gasteiger partial charge in [0.1, 0.15) is 18.2 Å². The molecule has 9 nitrogen and oxygen atoms in total. The first-order chi connectivity index (χ1) is 19.3. The second kappa shape index (κ2) is 8.83. The van der Waals surface area contributed by atoms with Crippen LogP contribution in [0.5, 0.6) is 5.75 Å². The van der Waals surface area contributed by atoms with E-state index in [2.05, 4.69) is 72.5 Å². The van der Waals surface area contributed by atoms with E-state index in [0.29, 0.717) is 12.4 Å². The number of benzene rings is 2. The van der Waals surface area contributed by atoms with Crippen molar-refractivity contribution >= 4 is 34.9 Å². The Balaban J connectivity index is 1.07. The molecule has 3 aromatic heterocycles. The summed E-state index contributed by atoms with van der Waals surface area (Å²) < 4.78 is 8.29. The maximum Gasteiger partial charge on any atom is 0.180 e. The van der Waals surface area contributed by atoms with Gasteiger partial charge in [-0.1, -0.05) is 18.2 Å². The highest BCUT2D eigenvalue weighted by molar-refractivity contribution is 5.86. The molecule has 0 radical (unpaired) electrons. The molecular formula is C30H26N8O. The van der Waals surface area contributed by atoms with Crippen LogP contribution < -0.4 is 19.9 Å². The van der Waals surface area contributed by atoms with Crippen LogP contribution in [0.3, 0.4) is 0 Å². The number of rotatable bonds is 4. The minimum Gasteiger partial charge on any atom is -0.489 e. The van der Waals surface area contributed by atoms with E-state index in [0.717, 1.165) is 66.0 Å². The molecule has 192 valence electrons. The van der Waals surface area contributed by atoms with Crippen LogP contribution in [-0.2, 0) is 6.54 Å². The molecule has 3 aliphatic rings. The summed E-state index contributed by atoms with van der Waals surface area (Å²) in [7, 11) is 0. The Hall–Kier alpha value is -4.92. The van der Waals surface area contributed by atoms with Gasteiger partial charge in [-0.25, -0.2) is 15.0 Å². The van der Waals surface area contributed by atoms with Gasteiger partial charge >= 0.3 is 0 Å². The SMILES string of the molecule is C1=NCc2cc(-c3cn4ccnc4c(Nc4ccc5c(c4)OCC4CN(c6ccccn6)CCN54)n3)ccc21. The van der Waals surface area contributed by atoms with Crippen LogP contribution in [0, 0.1) is 0 Å². The molecule has 6 heterocycles. The standard InChI is InChI=1S/C30H26N8O/c1-2-8-32-28(3-1)36-11-12-38-24(17-36)19-39-27-14-23(6-7-26(27)38)34-29-30-33-9-10-37(30)18-25(35-29)20-4-5-21-15-31-16-22(21)13-20/h1-10,13-15,18,24H,11-12,16-17,19H2,(H,34,35). The first kappa shape index (κ1) is 22.1. The van der Waals surface area contributed by atoms with Crippen LogP contribution in [0.15, 0.2) is 84.4 Å². The molecular weight excluding hydrogens is 488 g/mol. The summed E-state index contributed by atoms with van der Waals surface area (Å²) in [5.41, 5.74) is 7.15. The first-order valence-corrected chi connectivity index (χ1v) is 13.2. The number of imidazole rings is 1. The van der Waals surface area contributed by atoms with Gasteiger partial charge in [0.15, 0.2) is 11.5 Å². The van der Waals surface area contributed by atoms with Gasteiger partial charge in [-0.3, -0.25) is 4.99 Å². The molecule has 0 aliphatic carbocycles. The third-order valence-corrected chi connectivity index (χ3v) is 7.72. The van der Waals surface area contributed by atoms with Crippen molar-refractivity contribution in [3.05, 3.63) is 90.5 Å². The number of hydrogen-bond donors (Lipinski definition) is 1. The number of piperazine rings is 1. The summed E-state index contributed by atoms with van der Waals surface area (Å²) in [6.45, 7) is 4.10. The number of nitrogens with one attached hydrogen (secondary N) is 1. The minimum absolute atomic E-state index is 0.285. The lowest BCUT2D eigenvalue weighted by Crippen LogP contribution is -2.57. The van der Waals surface area contributed by atoms with E-state index in [1.807, 2.05) is 41.3 Å². The predicted molar refractivity (Wildman–Crippen MR) is 153 cm³/mol. The van der Waals surface area contributed by atoms with E-state index in [9.17, 15) is 0 Å². The van der Waals surface area contributed by atoms with Crippen molar-refractivity contribution in [2.75, 3.05) is 41.4 Å².